The summed E-state index contributed by atoms with van der Waals surface area (Å²) >= 11 is 0. The van der Waals surface area contributed by atoms with Gasteiger partial charge in [-0.2, -0.15) is 13.2 Å². The monoisotopic (exact) mass is 391 g/mol. The van der Waals surface area contributed by atoms with E-state index in [4.69, 9.17) is 17.7 Å². The third-order valence-corrected chi connectivity index (χ3v) is 3.76. The maximum atomic E-state index is 11.5. The minimum Gasteiger partial charge on any atom is -0.741 e. The molecule has 0 aromatic rings. The predicted octanol–water partition coefficient (Wildman–Crippen LogP) is 3.16. The Balaban J connectivity index is 0. The number of hydrogen-bond acceptors (Lipinski definition) is 5. The molecule has 0 unspecified atom stereocenters. The van der Waals surface area contributed by atoms with Crippen molar-refractivity contribution in [3.05, 3.63) is 12.2 Å². The van der Waals surface area contributed by atoms with Crippen molar-refractivity contribution < 1.29 is 40.2 Å². The van der Waals surface area contributed by atoms with Gasteiger partial charge in [0.25, 0.3) is 0 Å². The topological polar surface area (TPSA) is 83.5 Å². The molecular weight excluding hydrogens is 363 g/mol. The van der Waals surface area contributed by atoms with Crippen molar-refractivity contribution in [3.8, 4) is 0 Å². The number of ether oxygens (including phenoxy) is 1. The molecule has 0 fully saturated rings. The summed E-state index contributed by atoms with van der Waals surface area (Å²) in [5.41, 5.74) is -5.17. The first-order chi connectivity index (χ1) is 11.3. The van der Waals surface area contributed by atoms with E-state index in [0.717, 1.165) is 43.4 Å². The third-order valence-electron chi connectivity index (χ3n) is 3.20. The zero-order valence-electron chi connectivity index (χ0n) is 15.2. The van der Waals surface area contributed by atoms with Crippen molar-refractivity contribution in [2.75, 3.05) is 26.4 Å². The second-order valence-electron chi connectivity index (χ2n) is 5.75. The maximum absolute atomic E-state index is 11.5. The van der Waals surface area contributed by atoms with Crippen molar-refractivity contribution in [1.29, 1.82) is 0 Å². The molecule has 0 heterocycles. The number of quaternary nitrogens is 1. The van der Waals surface area contributed by atoms with Crippen LogP contribution in [0.5, 0.6) is 0 Å². The van der Waals surface area contributed by atoms with Crippen LogP contribution < -0.4 is 0 Å². The van der Waals surface area contributed by atoms with Gasteiger partial charge in [-0.3, -0.25) is 4.48 Å². The fourth-order valence-electron chi connectivity index (χ4n) is 2.27. The highest BCUT2D eigenvalue weighted by Gasteiger charge is 2.36. The zero-order chi connectivity index (χ0) is 20.3. The number of carbonyl (C=O) groups excluding carboxylic acids is 1. The molecule has 0 bridgehead atoms. The summed E-state index contributed by atoms with van der Waals surface area (Å²) in [7, 11) is -6.09. The van der Waals surface area contributed by atoms with E-state index in [-0.39, 0.29) is 5.97 Å². The van der Waals surface area contributed by atoms with Crippen LogP contribution in [-0.2, 0) is 19.6 Å². The van der Waals surface area contributed by atoms with Crippen LogP contribution in [0.3, 0.4) is 0 Å². The molecule has 0 N–H and O–H groups in total. The Morgan fingerprint density at radius 2 is 1.40 bits per heavy atom. The number of esters is 1. The van der Waals surface area contributed by atoms with Crippen LogP contribution in [0.1, 0.15) is 47.0 Å². The summed E-state index contributed by atoms with van der Waals surface area (Å²) in [6, 6.07) is 0. The summed E-state index contributed by atoms with van der Waals surface area (Å²) < 4.78 is 65.2. The molecule has 0 spiro atoms. The van der Waals surface area contributed by atoms with Crippen LogP contribution in [-0.4, -0.2) is 55.3 Å². The number of carbonyl (C=O) groups is 1. The molecule has 0 radical (unpaired) electrons. The third kappa shape index (κ3) is 11.2. The first kappa shape index (κ1) is 26.1. The lowest BCUT2D eigenvalue weighted by molar-refractivity contribution is -0.943. The van der Waals surface area contributed by atoms with Gasteiger partial charge in [-0.1, -0.05) is 27.4 Å². The molecule has 0 saturated heterocycles. The standard InChI is InChI=1S/C14H28NO2.CHF3O3S/c1-6-9-15(10-7-2,11-8-3)12-17-14(16)13(4)5;2-1(3,4)8(5,6)7/h4,6-12H2,1-3,5H3;(H,5,6,7)/q+1;/p-1. The van der Waals surface area contributed by atoms with Gasteiger partial charge in [0.1, 0.15) is 0 Å². The van der Waals surface area contributed by atoms with Gasteiger partial charge in [-0.05, 0) is 26.2 Å². The van der Waals surface area contributed by atoms with E-state index in [9.17, 15) is 18.0 Å². The number of halogens is 3. The highest BCUT2D eigenvalue weighted by atomic mass is 32.2. The van der Waals surface area contributed by atoms with E-state index in [0.29, 0.717) is 12.3 Å². The van der Waals surface area contributed by atoms with Gasteiger partial charge in [0.2, 0.25) is 6.73 Å². The summed E-state index contributed by atoms with van der Waals surface area (Å²) in [5, 5.41) is 0. The summed E-state index contributed by atoms with van der Waals surface area (Å²) in [6.45, 7) is 15.6. The molecule has 25 heavy (non-hydrogen) atoms. The molecular formula is C15H28F3NO5S. The molecule has 6 nitrogen and oxygen atoms in total. The van der Waals surface area contributed by atoms with E-state index >= 15 is 0 Å². The normalized spacial score (nSPS) is 12.2. The smallest absolute Gasteiger partial charge is 0.485 e. The molecule has 0 aromatic carbocycles. The lowest BCUT2D eigenvalue weighted by Gasteiger charge is -2.37. The minimum absolute atomic E-state index is 0.268. The van der Waals surface area contributed by atoms with Crippen molar-refractivity contribution in [1.82, 2.24) is 0 Å². The van der Waals surface area contributed by atoms with Crippen LogP contribution in [0.15, 0.2) is 12.2 Å². The van der Waals surface area contributed by atoms with Gasteiger partial charge < -0.3 is 9.29 Å². The van der Waals surface area contributed by atoms with Crippen LogP contribution in [0, 0.1) is 0 Å². The van der Waals surface area contributed by atoms with Crippen LogP contribution >= 0.6 is 0 Å². The van der Waals surface area contributed by atoms with E-state index < -0.39 is 15.6 Å². The molecule has 0 amide bonds. The van der Waals surface area contributed by atoms with Crippen molar-refractivity contribution in [3.63, 3.8) is 0 Å². The molecule has 10 heteroatoms. The Morgan fingerprint density at radius 1 is 1.08 bits per heavy atom. The Labute approximate surface area is 148 Å². The first-order valence-corrected chi connectivity index (χ1v) is 9.37. The minimum atomic E-state index is -6.09. The van der Waals surface area contributed by atoms with Crippen molar-refractivity contribution in [2.45, 2.75) is 52.5 Å². The lowest BCUT2D eigenvalue weighted by Crippen LogP contribution is -2.51. The second-order valence-corrected chi connectivity index (χ2v) is 7.12. The molecule has 0 saturated carbocycles. The highest BCUT2D eigenvalue weighted by Crippen LogP contribution is 2.20. The van der Waals surface area contributed by atoms with Gasteiger partial charge >= 0.3 is 11.5 Å². The molecule has 0 aromatic heterocycles. The molecule has 0 atom stereocenters. The zero-order valence-corrected chi connectivity index (χ0v) is 16.0. The van der Waals surface area contributed by atoms with E-state index in [1.165, 1.54) is 0 Å². The Kier molecular flexibility index (Phi) is 12.0. The fraction of sp³-hybridized carbons (Fsp3) is 0.800. The van der Waals surface area contributed by atoms with Crippen LogP contribution in [0.4, 0.5) is 13.2 Å². The van der Waals surface area contributed by atoms with Gasteiger partial charge in [0.05, 0.1) is 19.6 Å². The van der Waals surface area contributed by atoms with Gasteiger partial charge in [0, 0.05) is 5.57 Å². The Bertz CT molecular complexity index is 501. The van der Waals surface area contributed by atoms with Gasteiger partial charge in [-0.25, -0.2) is 13.2 Å². The average Bonchev–Trinajstić information content (AvgIpc) is 2.44. The number of nitrogens with zero attached hydrogens (tertiary/aromatic N) is 1. The SMILES string of the molecule is C=C(C)C(=O)OC[N+](CCC)(CCC)CCC.O=S(=O)([O-])C(F)(F)F. The largest absolute Gasteiger partial charge is 0.741 e. The van der Waals surface area contributed by atoms with Crippen molar-refractivity contribution >= 4 is 16.1 Å². The molecule has 0 aliphatic heterocycles. The van der Waals surface area contributed by atoms with Gasteiger partial charge in [-0.15, -0.1) is 0 Å². The van der Waals surface area contributed by atoms with Crippen molar-refractivity contribution in [2.24, 2.45) is 0 Å². The molecule has 0 aliphatic rings. The predicted molar refractivity (Wildman–Crippen MR) is 87.3 cm³/mol. The summed E-state index contributed by atoms with van der Waals surface area (Å²) in [5.74, 6) is -0.268. The number of rotatable bonds is 9. The average molecular weight is 391 g/mol. The van der Waals surface area contributed by atoms with Crippen LogP contribution in [0.2, 0.25) is 0 Å². The van der Waals surface area contributed by atoms with E-state index in [2.05, 4.69) is 27.4 Å². The molecule has 150 valence electrons. The number of hydrogen-bond donors (Lipinski definition) is 0. The van der Waals surface area contributed by atoms with E-state index in [1.54, 1.807) is 6.92 Å². The highest BCUT2D eigenvalue weighted by molar-refractivity contribution is 7.86. The fourth-order valence-corrected chi connectivity index (χ4v) is 2.27. The van der Waals surface area contributed by atoms with Gasteiger partial charge in [0.15, 0.2) is 10.1 Å². The maximum Gasteiger partial charge on any atom is 0.485 e. The Hall–Kier alpha value is -1.13. The first-order valence-electron chi connectivity index (χ1n) is 7.96. The number of alkyl halides is 3. The van der Waals surface area contributed by atoms with Crippen LogP contribution in [0.25, 0.3) is 0 Å². The molecule has 0 aliphatic carbocycles. The van der Waals surface area contributed by atoms with E-state index in [1.807, 2.05) is 0 Å². The lowest BCUT2D eigenvalue weighted by atomic mass is 10.2. The quantitative estimate of drug-likeness (QED) is 0.151. The summed E-state index contributed by atoms with van der Waals surface area (Å²) in [4.78, 5) is 11.5. The molecule has 0 rings (SSSR count). The second kappa shape index (κ2) is 11.5. The Morgan fingerprint density at radius 3 is 1.60 bits per heavy atom. The summed E-state index contributed by atoms with van der Waals surface area (Å²) in [6.07, 6.45) is 3.35.